The van der Waals surface area contributed by atoms with Gasteiger partial charge in [0.05, 0.1) is 13.2 Å². The third-order valence-electron chi connectivity index (χ3n) is 4.15. The second-order valence-electron chi connectivity index (χ2n) is 5.93. The Morgan fingerprint density at radius 2 is 2.22 bits per heavy atom. The molecule has 1 heterocycles. The lowest BCUT2D eigenvalue weighted by atomic mass is 9.82. The molecule has 0 amide bonds. The van der Waals surface area contributed by atoms with Crippen molar-refractivity contribution in [1.82, 2.24) is 4.98 Å². The van der Waals surface area contributed by atoms with Gasteiger partial charge in [-0.25, -0.2) is 0 Å². The maximum Gasteiger partial charge on any atom is 0.128 e. The quantitative estimate of drug-likeness (QED) is 0.895. The van der Waals surface area contributed by atoms with Gasteiger partial charge in [-0.3, -0.25) is 4.98 Å². The molecule has 0 bridgehead atoms. The van der Waals surface area contributed by atoms with Gasteiger partial charge in [0.1, 0.15) is 5.75 Å². The van der Waals surface area contributed by atoms with E-state index >= 15 is 0 Å². The number of aliphatic hydroxyl groups excluding tert-OH is 1. The number of ether oxygens (including phenoxy) is 1. The summed E-state index contributed by atoms with van der Waals surface area (Å²) in [6, 6.07) is 0. The molecule has 1 aromatic heterocycles. The van der Waals surface area contributed by atoms with E-state index in [0.29, 0.717) is 0 Å². The smallest absolute Gasteiger partial charge is 0.128 e. The summed E-state index contributed by atoms with van der Waals surface area (Å²) in [6.45, 7) is 6.34. The number of hydrogen-bond acceptors (Lipinski definition) is 3. The maximum atomic E-state index is 9.71. The zero-order valence-electron chi connectivity index (χ0n) is 11.8. The van der Waals surface area contributed by atoms with E-state index < -0.39 is 0 Å². The van der Waals surface area contributed by atoms with Crippen LogP contribution in [0.4, 0.5) is 0 Å². The molecule has 1 fully saturated rings. The number of nitrogens with zero attached hydrogens (tertiary/aromatic N) is 1. The summed E-state index contributed by atoms with van der Waals surface area (Å²) >= 11 is 0. The molecule has 0 aromatic carbocycles. The van der Waals surface area contributed by atoms with Crippen LogP contribution in [0.5, 0.6) is 5.75 Å². The molecule has 0 saturated heterocycles. The second kappa shape index (κ2) is 4.88. The highest BCUT2D eigenvalue weighted by molar-refractivity contribution is 5.41. The Hall–Kier alpha value is -1.09. The van der Waals surface area contributed by atoms with Gasteiger partial charge in [0, 0.05) is 23.0 Å². The molecule has 1 aromatic rings. The highest BCUT2D eigenvalue weighted by atomic mass is 16.5. The minimum Gasteiger partial charge on any atom is -0.496 e. The monoisotopic (exact) mass is 249 g/mol. The van der Waals surface area contributed by atoms with Crippen molar-refractivity contribution in [3.63, 3.8) is 0 Å². The maximum absolute atomic E-state index is 9.71. The third-order valence-corrected chi connectivity index (χ3v) is 4.15. The van der Waals surface area contributed by atoms with Crippen molar-refractivity contribution in [2.75, 3.05) is 7.11 Å². The summed E-state index contributed by atoms with van der Waals surface area (Å²) in [5.74, 6) is 0.946. The van der Waals surface area contributed by atoms with Gasteiger partial charge in [0.25, 0.3) is 0 Å². The van der Waals surface area contributed by atoms with Gasteiger partial charge >= 0.3 is 0 Å². The first kappa shape index (κ1) is 13.3. The van der Waals surface area contributed by atoms with Crippen LogP contribution in [0.15, 0.2) is 6.20 Å². The predicted octanol–water partition coefficient (Wildman–Crippen LogP) is 2.80. The van der Waals surface area contributed by atoms with Crippen molar-refractivity contribution in [2.24, 2.45) is 5.41 Å². The van der Waals surface area contributed by atoms with Gasteiger partial charge in [-0.15, -0.1) is 0 Å². The van der Waals surface area contributed by atoms with Crippen LogP contribution in [0.1, 0.15) is 43.0 Å². The highest BCUT2D eigenvalue weighted by Gasteiger charge is 2.35. The molecule has 3 nitrogen and oxygen atoms in total. The lowest BCUT2D eigenvalue weighted by Crippen LogP contribution is -2.18. The van der Waals surface area contributed by atoms with Gasteiger partial charge < -0.3 is 9.84 Å². The molecule has 1 N–H and O–H groups in total. The van der Waals surface area contributed by atoms with Crippen molar-refractivity contribution in [1.29, 1.82) is 0 Å². The summed E-state index contributed by atoms with van der Waals surface area (Å²) in [6.07, 6.45) is 5.54. The van der Waals surface area contributed by atoms with Crippen molar-refractivity contribution >= 4 is 0 Å². The van der Waals surface area contributed by atoms with Gasteiger partial charge in [0.15, 0.2) is 0 Å². The first-order valence-electron chi connectivity index (χ1n) is 6.62. The van der Waals surface area contributed by atoms with Crippen LogP contribution >= 0.6 is 0 Å². The largest absolute Gasteiger partial charge is 0.496 e. The van der Waals surface area contributed by atoms with Crippen LogP contribution in [0.2, 0.25) is 0 Å². The van der Waals surface area contributed by atoms with Crippen LogP contribution in [-0.2, 0) is 6.42 Å². The minimum absolute atomic E-state index is 0.136. The Balaban J connectivity index is 2.25. The summed E-state index contributed by atoms with van der Waals surface area (Å²) in [4.78, 5) is 4.56. The van der Waals surface area contributed by atoms with E-state index in [-0.39, 0.29) is 11.5 Å². The lowest BCUT2D eigenvalue weighted by Gasteiger charge is -2.24. The Morgan fingerprint density at radius 3 is 2.78 bits per heavy atom. The fraction of sp³-hybridized carbons (Fsp3) is 0.667. The van der Waals surface area contributed by atoms with E-state index in [0.717, 1.165) is 48.3 Å². The molecule has 18 heavy (non-hydrogen) atoms. The fourth-order valence-corrected chi connectivity index (χ4v) is 3.10. The second-order valence-corrected chi connectivity index (χ2v) is 5.93. The number of pyridine rings is 1. The van der Waals surface area contributed by atoms with E-state index in [1.54, 1.807) is 7.11 Å². The fourth-order valence-electron chi connectivity index (χ4n) is 3.10. The number of aliphatic hydroxyl groups is 1. The van der Waals surface area contributed by atoms with Gasteiger partial charge in [0.2, 0.25) is 0 Å². The van der Waals surface area contributed by atoms with E-state index in [1.165, 1.54) is 0 Å². The summed E-state index contributed by atoms with van der Waals surface area (Å²) in [7, 11) is 1.71. The summed E-state index contributed by atoms with van der Waals surface area (Å²) < 4.78 is 5.45. The normalized spacial score (nSPS) is 27.5. The van der Waals surface area contributed by atoms with E-state index in [2.05, 4.69) is 18.8 Å². The minimum atomic E-state index is -0.136. The first-order valence-corrected chi connectivity index (χ1v) is 6.62. The number of rotatable bonds is 3. The summed E-state index contributed by atoms with van der Waals surface area (Å²) in [5.41, 5.74) is 3.50. The van der Waals surface area contributed by atoms with Crippen molar-refractivity contribution in [2.45, 2.75) is 52.6 Å². The van der Waals surface area contributed by atoms with E-state index in [1.807, 2.05) is 13.1 Å². The molecule has 100 valence electrons. The molecule has 1 aliphatic carbocycles. The zero-order valence-corrected chi connectivity index (χ0v) is 11.8. The standard InChI is InChI=1S/C15H23NO2/c1-10-9-16-13(11(2)14(10)18-4)8-15(3)6-5-12(17)7-15/h9,12,17H,5-8H2,1-4H3. The van der Waals surface area contributed by atoms with Crippen LogP contribution in [0.3, 0.4) is 0 Å². The Bertz CT molecular complexity index is 444. The lowest BCUT2D eigenvalue weighted by molar-refractivity contribution is 0.163. The average molecular weight is 249 g/mol. The molecular formula is C15H23NO2. The van der Waals surface area contributed by atoms with Crippen LogP contribution in [0, 0.1) is 19.3 Å². The third kappa shape index (κ3) is 2.51. The molecule has 0 spiro atoms. The van der Waals surface area contributed by atoms with Gasteiger partial charge in [-0.2, -0.15) is 0 Å². The summed E-state index contributed by atoms with van der Waals surface area (Å²) in [5, 5.41) is 9.71. The predicted molar refractivity (Wildman–Crippen MR) is 71.9 cm³/mol. The molecule has 1 aliphatic rings. The number of methoxy groups -OCH3 is 1. The molecule has 2 atom stereocenters. The van der Waals surface area contributed by atoms with Crippen LogP contribution in [0.25, 0.3) is 0 Å². The number of hydrogen-bond donors (Lipinski definition) is 1. The van der Waals surface area contributed by atoms with Crippen molar-refractivity contribution in [3.05, 3.63) is 23.0 Å². The van der Waals surface area contributed by atoms with E-state index in [9.17, 15) is 5.11 Å². The average Bonchev–Trinajstić information content (AvgIpc) is 2.64. The molecule has 2 rings (SSSR count). The van der Waals surface area contributed by atoms with Gasteiger partial charge in [-0.05, 0) is 44.9 Å². The molecule has 3 heteroatoms. The van der Waals surface area contributed by atoms with Crippen molar-refractivity contribution in [3.8, 4) is 5.75 Å². The Kier molecular flexibility index (Phi) is 3.62. The first-order chi connectivity index (χ1) is 8.45. The van der Waals surface area contributed by atoms with Crippen molar-refractivity contribution < 1.29 is 9.84 Å². The molecule has 0 aliphatic heterocycles. The van der Waals surface area contributed by atoms with Gasteiger partial charge in [-0.1, -0.05) is 6.92 Å². The molecule has 0 radical (unpaired) electrons. The van der Waals surface area contributed by atoms with Crippen LogP contribution in [-0.4, -0.2) is 23.3 Å². The number of aryl methyl sites for hydroxylation is 1. The molecule has 2 unspecified atom stereocenters. The Morgan fingerprint density at radius 1 is 1.50 bits per heavy atom. The zero-order chi connectivity index (χ0) is 13.3. The SMILES string of the molecule is COc1c(C)cnc(CC2(C)CCC(O)C2)c1C. The molecule has 1 saturated carbocycles. The highest BCUT2D eigenvalue weighted by Crippen LogP contribution is 2.41. The Labute approximate surface area is 109 Å². The topological polar surface area (TPSA) is 42.4 Å². The number of aromatic nitrogens is 1. The van der Waals surface area contributed by atoms with E-state index in [4.69, 9.17) is 4.74 Å². The molecular weight excluding hydrogens is 226 g/mol. The van der Waals surface area contributed by atoms with Crippen LogP contribution < -0.4 is 4.74 Å².